The summed E-state index contributed by atoms with van der Waals surface area (Å²) in [6, 6.07) is 24.3. The molecule has 0 fully saturated rings. The number of hydrogen-bond donors (Lipinski definition) is 2. The number of amides is 2. The highest BCUT2D eigenvalue weighted by atomic mass is 16.5. The summed E-state index contributed by atoms with van der Waals surface area (Å²) in [5, 5.41) is 5.37. The Kier molecular flexibility index (Phi) is 6.27. The van der Waals surface area contributed by atoms with Gasteiger partial charge in [0.2, 0.25) is 5.89 Å². The Bertz CT molecular complexity index is 1190. The van der Waals surface area contributed by atoms with Crippen LogP contribution in [-0.4, -0.2) is 24.1 Å². The van der Waals surface area contributed by atoms with Gasteiger partial charge >= 0.3 is 12.0 Å². The molecule has 0 aliphatic carbocycles. The summed E-state index contributed by atoms with van der Waals surface area (Å²) >= 11 is 0. The predicted octanol–water partition coefficient (Wildman–Crippen LogP) is 5.04. The van der Waals surface area contributed by atoms with Crippen molar-refractivity contribution in [3.05, 3.63) is 96.8 Å². The minimum Gasteiger partial charge on any atom is -0.467 e. The number of hydrogen-bond acceptors (Lipinski definition) is 5. The summed E-state index contributed by atoms with van der Waals surface area (Å²) < 4.78 is 10.4. The fourth-order valence-corrected chi connectivity index (χ4v) is 3.18. The second-order valence-electron chi connectivity index (χ2n) is 6.95. The summed E-state index contributed by atoms with van der Waals surface area (Å²) in [7, 11) is 1.28. The summed E-state index contributed by atoms with van der Waals surface area (Å²) in [5.41, 5.74) is 3.67. The lowest BCUT2D eigenvalue weighted by Gasteiger charge is -2.17. The monoisotopic (exact) mass is 427 g/mol. The maximum Gasteiger partial charge on any atom is 0.333 e. The van der Waals surface area contributed by atoms with Crippen molar-refractivity contribution in [3.63, 3.8) is 0 Å². The minimum atomic E-state index is -0.913. The number of benzene rings is 3. The zero-order chi connectivity index (χ0) is 22.3. The molecule has 1 unspecified atom stereocenters. The van der Waals surface area contributed by atoms with E-state index in [-0.39, 0.29) is 0 Å². The number of urea groups is 1. The first-order chi connectivity index (χ1) is 15.6. The van der Waals surface area contributed by atoms with Crippen molar-refractivity contribution in [1.29, 1.82) is 0 Å². The van der Waals surface area contributed by atoms with Crippen LogP contribution >= 0.6 is 0 Å². The highest BCUT2D eigenvalue weighted by molar-refractivity contribution is 5.93. The fraction of sp³-hybridized carbons (Fsp3) is 0.0800. The van der Waals surface area contributed by atoms with Crippen LogP contribution in [0.4, 0.5) is 10.5 Å². The van der Waals surface area contributed by atoms with Crippen LogP contribution in [0, 0.1) is 0 Å². The predicted molar refractivity (Wildman–Crippen MR) is 121 cm³/mol. The van der Waals surface area contributed by atoms with E-state index in [0.717, 1.165) is 16.8 Å². The van der Waals surface area contributed by atoms with Gasteiger partial charge in [0.15, 0.2) is 6.04 Å². The number of carbonyl (C=O) groups is 2. The van der Waals surface area contributed by atoms with E-state index in [9.17, 15) is 9.59 Å². The molecule has 0 radical (unpaired) electrons. The molecule has 4 rings (SSSR count). The number of ether oxygens (including phenoxy) is 1. The molecule has 0 saturated heterocycles. The number of methoxy groups -OCH3 is 1. The molecule has 0 bridgehead atoms. The first-order valence-electron chi connectivity index (χ1n) is 9.96. The molecule has 32 heavy (non-hydrogen) atoms. The van der Waals surface area contributed by atoms with Gasteiger partial charge in [-0.15, -0.1) is 0 Å². The number of oxazole rings is 1. The van der Waals surface area contributed by atoms with E-state index >= 15 is 0 Å². The summed E-state index contributed by atoms with van der Waals surface area (Å²) in [6.45, 7) is 0. The van der Waals surface area contributed by atoms with Crippen LogP contribution in [0.25, 0.3) is 22.7 Å². The second-order valence-corrected chi connectivity index (χ2v) is 6.95. The molecule has 7 heteroatoms. The number of rotatable bonds is 6. The largest absolute Gasteiger partial charge is 0.467 e. The molecular weight excluding hydrogens is 406 g/mol. The lowest BCUT2D eigenvalue weighted by molar-refractivity contribution is -0.143. The number of nitrogens with one attached hydrogen (secondary N) is 2. The molecule has 0 aliphatic heterocycles. The van der Waals surface area contributed by atoms with Crippen LogP contribution in [-0.2, 0) is 9.53 Å². The van der Waals surface area contributed by atoms with Gasteiger partial charge in [-0.05, 0) is 29.8 Å². The maximum atomic E-state index is 12.5. The van der Waals surface area contributed by atoms with E-state index in [4.69, 9.17) is 9.15 Å². The van der Waals surface area contributed by atoms with Crippen LogP contribution in [0.1, 0.15) is 11.6 Å². The highest BCUT2D eigenvalue weighted by Gasteiger charge is 2.23. The van der Waals surface area contributed by atoms with Gasteiger partial charge in [0.25, 0.3) is 0 Å². The van der Waals surface area contributed by atoms with Crippen molar-refractivity contribution < 1.29 is 18.7 Å². The Morgan fingerprint density at radius 1 is 0.875 bits per heavy atom. The van der Waals surface area contributed by atoms with Gasteiger partial charge in [0.05, 0.1) is 7.11 Å². The number of carbonyl (C=O) groups excluding carboxylic acids is 2. The number of anilines is 1. The van der Waals surface area contributed by atoms with Gasteiger partial charge in [-0.25, -0.2) is 14.6 Å². The second kappa shape index (κ2) is 9.61. The molecule has 2 amide bonds. The summed E-state index contributed by atoms with van der Waals surface area (Å²) in [4.78, 5) is 29.1. The SMILES string of the molecule is COC(=O)C(NC(=O)Nc1ccc(-c2nc(-c3ccccc3)co2)cc1)c1ccccc1. The topological polar surface area (TPSA) is 93.5 Å². The lowest BCUT2D eigenvalue weighted by atomic mass is 10.1. The Morgan fingerprint density at radius 2 is 1.53 bits per heavy atom. The summed E-state index contributed by atoms with van der Waals surface area (Å²) in [6.07, 6.45) is 1.61. The van der Waals surface area contributed by atoms with Crippen molar-refractivity contribution in [2.24, 2.45) is 0 Å². The van der Waals surface area contributed by atoms with Crippen molar-refractivity contribution in [3.8, 4) is 22.7 Å². The Balaban J connectivity index is 1.43. The molecule has 3 aromatic carbocycles. The zero-order valence-electron chi connectivity index (χ0n) is 17.3. The molecule has 160 valence electrons. The number of aromatic nitrogens is 1. The maximum absolute atomic E-state index is 12.5. The molecule has 1 atom stereocenters. The molecule has 0 spiro atoms. The van der Waals surface area contributed by atoms with Crippen molar-refractivity contribution in [1.82, 2.24) is 10.3 Å². The molecule has 0 saturated carbocycles. The van der Waals surface area contributed by atoms with E-state index in [0.29, 0.717) is 17.1 Å². The van der Waals surface area contributed by atoms with Crippen LogP contribution in [0.15, 0.2) is 95.6 Å². The minimum absolute atomic E-state index is 0.481. The Labute approximate surface area is 185 Å². The van der Waals surface area contributed by atoms with Crippen molar-refractivity contribution in [2.45, 2.75) is 6.04 Å². The van der Waals surface area contributed by atoms with Crippen molar-refractivity contribution >= 4 is 17.7 Å². The average molecular weight is 427 g/mol. The smallest absolute Gasteiger partial charge is 0.333 e. The quantitative estimate of drug-likeness (QED) is 0.420. The van der Waals surface area contributed by atoms with Gasteiger partial charge in [-0.2, -0.15) is 0 Å². The highest BCUT2D eigenvalue weighted by Crippen LogP contribution is 2.25. The molecular formula is C25H21N3O4. The third-order valence-corrected chi connectivity index (χ3v) is 4.81. The molecule has 1 heterocycles. The lowest BCUT2D eigenvalue weighted by Crippen LogP contribution is -2.37. The Hall–Kier alpha value is -4.39. The van der Waals surface area contributed by atoms with Gasteiger partial charge in [-0.3, -0.25) is 0 Å². The normalized spacial score (nSPS) is 11.4. The van der Waals surface area contributed by atoms with E-state index in [1.54, 1.807) is 54.8 Å². The van der Waals surface area contributed by atoms with E-state index in [1.807, 2.05) is 36.4 Å². The van der Waals surface area contributed by atoms with Gasteiger partial charge in [0.1, 0.15) is 12.0 Å². The first-order valence-corrected chi connectivity index (χ1v) is 9.96. The van der Waals surface area contributed by atoms with Crippen LogP contribution in [0.2, 0.25) is 0 Å². The fourth-order valence-electron chi connectivity index (χ4n) is 3.18. The zero-order valence-corrected chi connectivity index (χ0v) is 17.3. The van der Waals surface area contributed by atoms with Crippen LogP contribution in [0.5, 0.6) is 0 Å². The number of nitrogens with zero attached hydrogens (tertiary/aromatic N) is 1. The van der Waals surface area contributed by atoms with Gasteiger partial charge in [0, 0.05) is 16.8 Å². The molecule has 1 aromatic heterocycles. The van der Waals surface area contributed by atoms with E-state index < -0.39 is 18.0 Å². The first kappa shape index (κ1) is 20.9. The van der Waals surface area contributed by atoms with Gasteiger partial charge < -0.3 is 19.8 Å². The summed E-state index contributed by atoms with van der Waals surface area (Å²) in [5.74, 6) is -0.0745. The molecule has 7 nitrogen and oxygen atoms in total. The van der Waals surface area contributed by atoms with E-state index in [1.165, 1.54) is 7.11 Å². The molecule has 4 aromatic rings. The van der Waals surface area contributed by atoms with Gasteiger partial charge in [-0.1, -0.05) is 60.7 Å². The van der Waals surface area contributed by atoms with Crippen LogP contribution in [0.3, 0.4) is 0 Å². The molecule has 0 aliphatic rings. The van der Waals surface area contributed by atoms with E-state index in [2.05, 4.69) is 15.6 Å². The molecule has 2 N–H and O–H groups in total. The Morgan fingerprint density at radius 3 is 2.19 bits per heavy atom. The van der Waals surface area contributed by atoms with Crippen LogP contribution < -0.4 is 10.6 Å². The third-order valence-electron chi connectivity index (χ3n) is 4.81. The standard InChI is InChI=1S/C25H21N3O4/c1-31-24(29)22(18-10-6-3-7-11-18)28-25(30)26-20-14-12-19(13-15-20)23-27-21(16-32-23)17-8-4-2-5-9-17/h2-16,22H,1H3,(H2,26,28,30). The average Bonchev–Trinajstić information content (AvgIpc) is 3.34. The number of esters is 1. The van der Waals surface area contributed by atoms with Crippen molar-refractivity contribution in [2.75, 3.05) is 12.4 Å². The third kappa shape index (κ3) is 4.84.